The molecule has 2 unspecified atom stereocenters. The summed E-state index contributed by atoms with van der Waals surface area (Å²) in [5.41, 5.74) is 0. The van der Waals surface area contributed by atoms with E-state index in [9.17, 15) is 0 Å². The van der Waals surface area contributed by atoms with Gasteiger partial charge < -0.3 is 4.52 Å². The Morgan fingerprint density at radius 2 is 2.26 bits per heavy atom. The Balaban J connectivity index is 1.58. The van der Waals surface area contributed by atoms with Gasteiger partial charge in [0, 0.05) is 38.1 Å². The third kappa shape index (κ3) is 2.82. The molecule has 2 saturated heterocycles. The Hall–Kier alpha value is -0.940. The first-order valence-electron chi connectivity index (χ1n) is 7.53. The number of hydrogen-bond donors (Lipinski definition) is 0. The van der Waals surface area contributed by atoms with Crippen molar-refractivity contribution < 1.29 is 4.52 Å². The predicted molar refractivity (Wildman–Crippen MR) is 73.0 cm³/mol. The van der Waals surface area contributed by atoms with Crippen LogP contribution in [0.3, 0.4) is 0 Å². The van der Waals surface area contributed by atoms with Gasteiger partial charge in [-0.15, -0.1) is 0 Å². The van der Waals surface area contributed by atoms with Crippen LogP contribution < -0.4 is 0 Å². The van der Waals surface area contributed by atoms with Crippen molar-refractivity contribution in [2.24, 2.45) is 0 Å². The summed E-state index contributed by atoms with van der Waals surface area (Å²) in [6.45, 7) is 8.97. The maximum absolute atomic E-state index is 5.21. The highest BCUT2D eigenvalue weighted by molar-refractivity contribution is 4.93. The van der Waals surface area contributed by atoms with Gasteiger partial charge in [0.25, 0.3) is 0 Å². The molecule has 0 N–H and O–H groups in total. The van der Waals surface area contributed by atoms with Gasteiger partial charge in [-0.3, -0.25) is 9.80 Å². The average molecular weight is 264 g/mol. The molecule has 106 valence electrons. The fraction of sp³-hybridized carbons (Fsp3) is 0.857. The number of aryl methyl sites for hydroxylation is 1. The minimum atomic E-state index is 0.693. The van der Waals surface area contributed by atoms with E-state index in [4.69, 9.17) is 4.52 Å². The molecule has 0 aromatic carbocycles. The summed E-state index contributed by atoms with van der Waals surface area (Å²) < 4.78 is 5.21. The predicted octanol–water partition coefficient (Wildman–Crippen LogP) is 1.48. The van der Waals surface area contributed by atoms with Crippen LogP contribution in [0.4, 0.5) is 0 Å². The average Bonchev–Trinajstić information content (AvgIpc) is 3.03. The van der Waals surface area contributed by atoms with Gasteiger partial charge in [-0.1, -0.05) is 12.1 Å². The number of rotatable bonds is 4. The number of aromatic nitrogens is 2. The maximum atomic E-state index is 5.21. The van der Waals surface area contributed by atoms with E-state index in [1.165, 1.54) is 38.9 Å². The van der Waals surface area contributed by atoms with Crippen LogP contribution >= 0.6 is 0 Å². The highest BCUT2D eigenvalue weighted by atomic mass is 16.5. The molecule has 5 nitrogen and oxygen atoms in total. The number of piperazine rings is 1. The molecule has 3 heterocycles. The Morgan fingerprint density at radius 1 is 1.37 bits per heavy atom. The molecule has 19 heavy (non-hydrogen) atoms. The van der Waals surface area contributed by atoms with Gasteiger partial charge in [0.15, 0.2) is 5.82 Å². The molecule has 0 radical (unpaired) electrons. The zero-order valence-electron chi connectivity index (χ0n) is 12.0. The van der Waals surface area contributed by atoms with Gasteiger partial charge in [0.1, 0.15) is 0 Å². The van der Waals surface area contributed by atoms with E-state index >= 15 is 0 Å². The lowest BCUT2D eigenvalue weighted by molar-refractivity contribution is 0.0487. The quantitative estimate of drug-likeness (QED) is 0.824. The topological polar surface area (TPSA) is 45.4 Å². The monoisotopic (exact) mass is 264 g/mol. The fourth-order valence-electron chi connectivity index (χ4n) is 3.49. The molecule has 2 atom stereocenters. The van der Waals surface area contributed by atoms with E-state index in [1.807, 2.05) is 6.92 Å². The van der Waals surface area contributed by atoms with Gasteiger partial charge in [-0.25, -0.2) is 0 Å². The standard InChI is InChI=1S/C14H24N4O/c1-3-12-9-17-7-4-5-13(17)10-18(12)8-6-14-15-11(2)16-19-14/h12-13H,3-10H2,1-2H3. The van der Waals surface area contributed by atoms with E-state index in [-0.39, 0.29) is 0 Å². The van der Waals surface area contributed by atoms with Crippen molar-refractivity contribution in [1.29, 1.82) is 0 Å². The molecule has 3 rings (SSSR count). The van der Waals surface area contributed by atoms with Crippen LogP contribution in [0.5, 0.6) is 0 Å². The molecule has 2 aliphatic heterocycles. The third-order valence-corrected chi connectivity index (χ3v) is 4.56. The lowest BCUT2D eigenvalue weighted by atomic mass is 10.0. The van der Waals surface area contributed by atoms with Gasteiger partial charge in [0.05, 0.1) is 0 Å². The fourth-order valence-corrected chi connectivity index (χ4v) is 3.49. The van der Waals surface area contributed by atoms with Crippen LogP contribution in [-0.4, -0.2) is 58.2 Å². The first kappa shape index (κ1) is 13.1. The molecule has 5 heteroatoms. The molecule has 2 fully saturated rings. The smallest absolute Gasteiger partial charge is 0.227 e. The van der Waals surface area contributed by atoms with E-state index in [2.05, 4.69) is 26.9 Å². The van der Waals surface area contributed by atoms with Crippen molar-refractivity contribution in [3.8, 4) is 0 Å². The van der Waals surface area contributed by atoms with Gasteiger partial charge in [-0.05, 0) is 32.7 Å². The van der Waals surface area contributed by atoms with Crippen molar-refractivity contribution in [3.63, 3.8) is 0 Å². The third-order valence-electron chi connectivity index (χ3n) is 4.56. The molecule has 1 aromatic rings. The summed E-state index contributed by atoms with van der Waals surface area (Å²) in [6.07, 6.45) is 4.85. The van der Waals surface area contributed by atoms with E-state index in [0.29, 0.717) is 6.04 Å². The van der Waals surface area contributed by atoms with Crippen LogP contribution in [0.2, 0.25) is 0 Å². The lowest BCUT2D eigenvalue weighted by Gasteiger charge is -2.43. The van der Waals surface area contributed by atoms with E-state index in [0.717, 1.165) is 30.7 Å². The Morgan fingerprint density at radius 3 is 3.00 bits per heavy atom. The molecular weight excluding hydrogens is 240 g/mol. The Labute approximate surface area is 115 Å². The Bertz CT molecular complexity index is 419. The van der Waals surface area contributed by atoms with E-state index < -0.39 is 0 Å². The summed E-state index contributed by atoms with van der Waals surface area (Å²) in [5, 5.41) is 3.86. The molecule has 2 aliphatic rings. The molecule has 0 spiro atoms. The van der Waals surface area contributed by atoms with Gasteiger partial charge in [0.2, 0.25) is 5.89 Å². The van der Waals surface area contributed by atoms with Crippen molar-refractivity contribution in [1.82, 2.24) is 19.9 Å². The minimum absolute atomic E-state index is 0.693. The second kappa shape index (κ2) is 5.59. The second-order valence-electron chi connectivity index (χ2n) is 5.83. The summed E-state index contributed by atoms with van der Waals surface area (Å²) >= 11 is 0. The zero-order chi connectivity index (χ0) is 13.2. The van der Waals surface area contributed by atoms with Crippen LogP contribution in [0.15, 0.2) is 4.52 Å². The molecule has 0 bridgehead atoms. The highest BCUT2D eigenvalue weighted by Gasteiger charge is 2.35. The summed E-state index contributed by atoms with van der Waals surface area (Å²) in [4.78, 5) is 9.61. The molecular formula is C14H24N4O. The zero-order valence-corrected chi connectivity index (χ0v) is 12.0. The van der Waals surface area contributed by atoms with Gasteiger partial charge in [-0.2, -0.15) is 4.98 Å². The SMILES string of the molecule is CCC1CN2CCCC2CN1CCc1nc(C)no1. The largest absolute Gasteiger partial charge is 0.339 e. The summed E-state index contributed by atoms with van der Waals surface area (Å²) in [5.74, 6) is 1.52. The Kier molecular flexibility index (Phi) is 3.84. The number of hydrogen-bond acceptors (Lipinski definition) is 5. The number of fused-ring (bicyclic) bond motifs is 1. The van der Waals surface area contributed by atoms with Gasteiger partial charge >= 0.3 is 0 Å². The van der Waals surface area contributed by atoms with Crippen LogP contribution in [0, 0.1) is 6.92 Å². The summed E-state index contributed by atoms with van der Waals surface area (Å²) in [7, 11) is 0. The molecule has 0 amide bonds. The molecule has 0 aliphatic carbocycles. The number of nitrogens with zero attached hydrogens (tertiary/aromatic N) is 4. The minimum Gasteiger partial charge on any atom is -0.339 e. The molecule has 0 saturated carbocycles. The van der Waals surface area contributed by atoms with E-state index in [1.54, 1.807) is 0 Å². The lowest BCUT2D eigenvalue weighted by Crippen LogP contribution is -2.56. The van der Waals surface area contributed by atoms with Crippen molar-refractivity contribution >= 4 is 0 Å². The highest BCUT2D eigenvalue weighted by Crippen LogP contribution is 2.25. The first-order chi connectivity index (χ1) is 9.26. The van der Waals surface area contributed by atoms with Crippen LogP contribution in [0.1, 0.15) is 37.9 Å². The van der Waals surface area contributed by atoms with Crippen molar-refractivity contribution in [2.45, 2.75) is 51.6 Å². The van der Waals surface area contributed by atoms with Crippen LogP contribution in [0.25, 0.3) is 0 Å². The van der Waals surface area contributed by atoms with Crippen molar-refractivity contribution in [3.05, 3.63) is 11.7 Å². The summed E-state index contributed by atoms with van der Waals surface area (Å²) in [6, 6.07) is 1.48. The second-order valence-corrected chi connectivity index (χ2v) is 5.83. The normalized spacial score (nSPS) is 28.7. The maximum Gasteiger partial charge on any atom is 0.227 e. The molecule has 1 aromatic heterocycles. The first-order valence-corrected chi connectivity index (χ1v) is 7.53. The van der Waals surface area contributed by atoms with Crippen molar-refractivity contribution in [2.75, 3.05) is 26.2 Å². The van der Waals surface area contributed by atoms with Crippen LogP contribution in [-0.2, 0) is 6.42 Å².